The topological polar surface area (TPSA) is 49.8 Å². The maximum atomic E-state index is 13.0. The zero-order valence-electron chi connectivity index (χ0n) is 12.4. The van der Waals surface area contributed by atoms with Gasteiger partial charge in [-0.3, -0.25) is 4.79 Å². The Morgan fingerprint density at radius 3 is 2.65 bits per heavy atom. The molecule has 4 nitrogen and oxygen atoms in total. The highest BCUT2D eigenvalue weighted by molar-refractivity contribution is 6.38. The maximum Gasteiger partial charge on any atom is 0.263 e. The van der Waals surface area contributed by atoms with Crippen molar-refractivity contribution in [2.24, 2.45) is 0 Å². The van der Waals surface area contributed by atoms with Crippen molar-refractivity contribution in [3.8, 4) is 5.75 Å². The first-order chi connectivity index (χ1) is 11.0. The van der Waals surface area contributed by atoms with E-state index >= 15 is 0 Å². The van der Waals surface area contributed by atoms with Crippen LogP contribution in [0.2, 0.25) is 10.0 Å². The van der Waals surface area contributed by atoms with Gasteiger partial charge in [-0.15, -0.1) is 0 Å². The normalized spacial score (nSPS) is 16.9. The van der Waals surface area contributed by atoms with E-state index in [9.17, 15) is 9.90 Å². The van der Waals surface area contributed by atoms with Gasteiger partial charge in [0.15, 0.2) is 5.75 Å². The Labute approximate surface area is 144 Å². The Hall–Kier alpha value is -1.75. The summed E-state index contributed by atoms with van der Waals surface area (Å²) in [4.78, 5) is 14.6. The minimum atomic E-state index is -0.577. The molecule has 0 fully saturated rings. The van der Waals surface area contributed by atoms with E-state index in [1.165, 1.54) is 7.11 Å². The monoisotopic (exact) mass is 351 g/mol. The molecule has 0 saturated carbocycles. The summed E-state index contributed by atoms with van der Waals surface area (Å²) in [6.07, 6.45) is -0.115. The molecular weight excluding hydrogens is 337 g/mol. The van der Waals surface area contributed by atoms with Crippen LogP contribution in [0.25, 0.3) is 0 Å². The van der Waals surface area contributed by atoms with Crippen LogP contribution in [-0.2, 0) is 0 Å². The van der Waals surface area contributed by atoms with Gasteiger partial charge in [-0.05, 0) is 24.6 Å². The molecule has 1 aliphatic heterocycles. The van der Waals surface area contributed by atoms with Gasteiger partial charge in [-0.25, -0.2) is 0 Å². The first-order valence-corrected chi connectivity index (χ1v) is 7.91. The van der Waals surface area contributed by atoms with Gasteiger partial charge in [0.2, 0.25) is 0 Å². The lowest BCUT2D eigenvalue weighted by Gasteiger charge is -2.32. The van der Waals surface area contributed by atoms with E-state index in [0.717, 1.165) is 5.56 Å². The van der Waals surface area contributed by atoms with Crippen molar-refractivity contribution >= 4 is 34.8 Å². The molecule has 0 aliphatic carbocycles. The SMILES string of the molecule is COc1c(Cl)ccc(Cl)c1C(=O)N1CCC(O)c2ccccc21. The van der Waals surface area contributed by atoms with E-state index in [0.29, 0.717) is 23.7 Å². The van der Waals surface area contributed by atoms with Crippen molar-refractivity contribution < 1.29 is 14.6 Å². The molecule has 0 radical (unpaired) electrons. The summed E-state index contributed by atoms with van der Waals surface area (Å²) in [6, 6.07) is 10.4. The van der Waals surface area contributed by atoms with E-state index in [-0.39, 0.29) is 22.2 Å². The number of para-hydroxylation sites is 1. The first kappa shape index (κ1) is 16.1. The summed E-state index contributed by atoms with van der Waals surface area (Å²) in [7, 11) is 1.45. The van der Waals surface area contributed by atoms with Crippen LogP contribution in [-0.4, -0.2) is 24.7 Å². The van der Waals surface area contributed by atoms with E-state index in [4.69, 9.17) is 27.9 Å². The lowest BCUT2D eigenvalue weighted by Crippen LogP contribution is -2.37. The second-order valence-electron chi connectivity index (χ2n) is 5.26. The minimum absolute atomic E-state index is 0.229. The Kier molecular flexibility index (Phi) is 4.48. The van der Waals surface area contributed by atoms with Crippen LogP contribution in [0, 0.1) is 0 Å². The number of fused-ring (bicyclic) bond motifs is 1. The number of carbonyl (C=O) groups excluding carboxylic acids is 1. The molecule has 6 heteroatoms. The summed E-state index contributed by atoms with van der Waals surface area (Å²) in [6.45, 7) is 0.392. The molecule has 0 aromatic heterocycles. The summed E-state index contributed by atoms with van der Waals surface area (Å²) in [5.74, 6) is -0.0403. The fourth-order valence-corrected chi connectivity index (χ4v) is 3.28. The number of nitrogens with zero attached hydrogens (tertiary/aromatic N) is 1. The highest BCUT2D eigenvalue weighted by Gasteiger charge is 2.31. The Balaban J connectivity index is 2.09. The van der Waals surface area contributed by atoms with Gasteiger partial charge in [0.05, 0.1) is 23.3 Å². The number of aliphatic hydroxyl groups excluding tert-OH is 1. The van der Waals surface area contributed by atoms with Gasteiger partial charge in [-0.1, -0.05) is 41.4 Å². The van der Waals surface area contributed by atoms with E-state index < -0.39 is 6.10 Å². The molecule has 23 heavy (non-hydrogen) atoms. The molecule has 1 amide bonds. The summed E-state index contributed by atoms with van der Waals surface area (Å²) in [5.41, 5.74) is 1.63. The van der Waals surface area contributed by atoms with Crippen molar-refractivity contribution in [3.63, 3.8) is 0 Å². The first-order valence-electron chi connectivity index (χ1n) is 7.15. The number of ether oxygens (including phenoxy) is 1. The van der Waals surface area contributed by atoms with Crippen molar-refractivity contribution in [3.05, 3.63) is 57.6 Å². The van der Waals surface area contributed by atoms with Gasteiger partial charge in [0.25, 0.3) is 5.91 Å². The molecule has 0 spiro atoms. The quantitative estimate of drug-likeness (QED) is 0.886. The number of carbonyl (C=O) groups is 1. The number of rotatable bonds is 2. The van der Waals surface area contributed by atoms with E-state index in [1.807, 2.05) is 18.2 Å². The van der Waals surface area contributed by atoms with Crippen LogP contribution in [0.4, 0.5) is 5.69 Å². The molecule has 1 atom stereocenters. The van der Waals surface area contributed by atoms with Gasteiger partial charge < -0.3 is 14.7 Å². The van der Waals surface area contributed by atoms with Crippen LogP contribution < -0.4 is 9.64 Å². The lowest BCUT2D eigenvalue weighted by molar-refractivity contribution is 0.0968. The maximum absolute atomic E-state index is 13.0. The van der Waals surface area contributed by atoms with Crippen molar-refractivity contribution in [2.45, 2.75) is 12.5 Å². The number of aliphatic hydroxyl groups is 1. The third-order valence-electron chi connectivity index (χ3n) is 3.93. The van der Waals surface area contributed by atoms with E-state index in [1.54, 1.807) is 23.1 Å². The number of halogens is 2. The molecule has 0 saturated heterocycles. The second kappa shape index (κ2) is 6.40. The van der Waals surface area contributed by atoms with Gasteiger partial charge in [-0.2, -0.15) is 0 Å². The zero-order chi connectivity index (χ0) is 16.6. The fourth-order valence-electron chi connectivity index (χ4n) is 2.82. The van der Waals surface area contributed by atoms with Crippen LogP contribution in [0.15, 0.2) is 36.4 Å². The standard InChI is InChI=1S/C17H15Cl2NO3/c1-23-16-12(19)7-6-11(18)15(16)17(22)20-9-8-14(21)10-4-2-3-5-13(10)20/h2-7,14,21H,8-9H2,1H3. The largest absolute Gasteiger partial charge is 0.494 e. The average molecular weight is 352 g/mol. The molecule has 1 N–H and O–H groups in total. The van der Waals surface area contributed by atoms with Gasteiger partial charge in [0.1, 0.15) is 5.56 Å². The number of benzene rings is 2. The summed E-state index contributed by atoms with van der Waals surface area (Å²) >= 11 is 12.3. The second-order valence-corrected chi connectivity index (χ2v) is 6.07. The number of hydrogen-bond donors (Lipinski definition) is 1. The van der Waals surface area contributed by atoms with Crippen molar-refractivity contribution in [1.29, 1.82) is 0 Å². The molecular formula is C17H15Cl2NO3. The zero-order valence-corrected chi connectivity index (χ0v) is 13.9. The highest BCUT2D eigenvalue weighted by Crippen LogP contribution is 2.39. The van der Waals surface area contributed by atoms with E-state index in [2.05, 4.69) is 0 Å². The van der Waals surface area contributed by atoms with Crippen molar-refractivity contribution in [1.82, 2.24) is 0 Å². The predicted octanol–water partition coefficient (Wildman–Crippen LogP) is 4.09. The van der Waals surface area contributed by atoms with Crippen molar-refractivity contribution in [2.75, 3.05) is 18.6 Å². The van der Waals surface area contributed by atoms with Crippen LogP contribution >= 0.6 is 23.2 Å². The molecule has 0 bridgehead atoms. The molecule has 2 aromatic rings. The van der Waals surface area contributed by atoms with Crippen LogP contribution in [0.1, 0.15) is 28.4 Å². The van der Waals surface area contributed by atoms with Crippen LogP contribution in [0.3, 0.4) is 0 Å². The lowest BCUT2D eigenvalue weighted by atomic mass is 9.98. The Morgan fingerprint density at radius 1 is 1.22 bits per heavy atom. The van der Waals surface area contributed by atoms with Gasteiger partial charge in [0, 0.05) is 17.8 Å². The fraction of sp³-hybridized carbons (Fsp3) is 0.235. The number of hydrogen-bond acceptors (Lipinski definition) is 3. The summed E-state index contributed by atoms with van der Waals surface area (Å²) < 4.78 is 5.26. The number of anilines is 1. The number of amides is 1. The summed E-state index contributed by atoms with van der Waals surface area (Å²) in [5, 5.41) is 10.7. The third-order valence-corrected chi connectivity index (χ3v) is 4.55. The Bertz CT molecular complexity index is 763. The molecule has 1 unspecified atom stereocenters. The van der Waals surface area contributed by atoms with Gasteiger partial charge >= 0.3 is 0 Å². The Morgan fingerprint density at radius 2 is 1.91 bits per heavy atom. The molecule has 120 valence electrons. The molecule has 3 rings (SSSR count). The minimum Gasteiger partial charge on any atom is -0.494 e. The predicted molar refractivity (Wildman–Crippen MR) is 90.7 cm³/mol. The van der Waals surface area contributed by atoms with Crippen LogP contribution in [0.5, 0.6) is 5.75 Å². The third kappa shape index (κ3) is 2.78. The number of methoxy groups -OCH3 is 1. The average Bonchev–Trinajstić information content (AvgIpc) is 2.56. The molecule has 1 aliphatic rings. The highest BCUT2D eigenvalue weighted by atomic mass is 35.5. The molecule has 1 heterocycles. The smallest absolute Gasteiger partial charge is 0.263 e. The molecule has 2 aromatic carbocycles.